The largest absolute Gasteiger partial charge is 0.495 e. The van der Waals surface area contributed by atoms with Crippen LogP contribution in [0.1, 0.15) is 16.7 Å². The summed E-state index contributed by atoms with van der Waals surface area (Å²) >= 11 is 0. The van der Waals surface area contributed by atoms with Crippen molar-refractivity contribution in [3.8, 4) is 5.75 Å². The first-order chi connectivity index (χ1) is 11.1. The van der Waals surface area contributed by atoms with Gasteiger partial charge in [0.05, 0.1) is 18.5 Å². The van der Waals surface area contributed by atoms with Crippen molar-refractivity contribution in [2.75, 3.05) is 12.4 Å². The fourth-order valence-corrected chi connectivity index (χ4v) is 2.52. The van der Waals surface area contributed by atoms with Crippen LogP contribution in [0.2, 0.25) is 0 Å². The molecule has 0 aromatic heterocycles. The van der Waals surface area contributed by atoms with Crippen molar-refractivity contribution >= 4 is 17.3 Å². The number of hydrogen-bond donors (Lipinski definition) is 2. The molecule has 3 N–H and O–H groups in total. The number of aliphatic imine (C=N–C) groups is 1. The maximum absolute atomic E-state index is 13.0. The lowest BCUT2D eigenvalue weighted by Gasteiger charge is -2.13. The number of anilines is 1. The quantitative estimate of drug-likeness (QED) is 0.912. The average molecular weight is 313 g/mol. The number of hydrogen-bond acceptors (Lipinski definition) is 4. The summed E-state index contributed by atoms with van der Waals surface area (Å²) in [5, 5.41) is 2.74. The van der Waals surface area contributed by atoms with E-state index in [0.29, 0.717) is 33.8 Å². The minimum absolute atomic E-state index is 0.424. The molecule has 0 bridgehead atoms. The number of benzodiazepines with no additional fused rings is 1. The van der Waals surface area contributed by atoms with Gasteiger partial charge in [-0.2, -0.15) is 0 Å². The molecule has 0 spiro atoms. The molecular weight excluding hydrogens is 297 g/mol. The minimum Gasteiger partial charge on any atom is -0.495 e. The van der Waals surface area contributed by atoms with Crippen LogP contribution < -0.4 is 15.8 Å². The van der Waals surface area contributed by atoms with Crippen LogP contribution in [0.5, 0.6) is 5.75 Å². The summed E-state index contributed by atoms with van der Waals surface area (Å²) in [6, 6.07) is 12.3. The van der Waals surface area contributed by atoms with Gasteiger partial charge in [0.2, 0.25) is 0 Å². The summed E-state index contributed by atoms with van der Waals surface area (Å²) in [5.41, 5.74) is 8.78. The first-order valence-corrected chi connectivity index (χ1v) is 7.11. The van der Waals surface area contributed by atoms with E-state index in [1.807, 2.05) is 12.1 Å². The standard InChI is InChI=1S/C17H16FN3O2/c1-23-13-7-3-6-12-14(11-5-2-4-10(8-11)9-18)20-16(19)17(22)21-15(12)13/h2-8,16H,9,19H2,1H3,(H,21,22). The van der Waals surface area contributed by atoms with Gasteiger partial charge in [0.1, 0.15) is 12.4 Å². The Balaban J connectivity index is 2.22. The van der Waals surface area contributed by atoms with Crippen LogP contribution >= 0.6 is 0 Å². The summed E-state index contributed by atoms with van der Waals surface area (Å²) < 4.78 is 18.3. The summed E-state index contributed by atoms with van der Waals surface area (Å²) in [7, 11) is 1.52. The number of carbonyl (C=O) groups excluding carboxylic acids is 1. The molecule has 0 saturated heterocycles. The van der Waals surface area contributed by atoms with Crippen molar-refractivity contribution in [2.45, 2.75) is 12.8 Å². The molecule has 5 nitrogen and oxygen atoms in total. The Labute approximate surface area is 133 Å². The lowest BCUT2D eigenvalue weighted by molar-refractivity contribution is -0.117. The molecule has 0 aliphatic carbocycles. The van der Waals surface area contributed by atoms with Gasteiger partial charge in [-0.25, -0.2) is 4.39 Å². The Bertz CT molecular complexity index is 789. The number of halogens is 1. The number of rotatable bonds is 3. The van der Waals surface area contributed by atoms with Gasteiger partial charge in [-0.05, 0) is 17.7 Å². The summed E-state index contributed by atoms with van der Waals surface area (Å²) in [4.78, 5) is 16.4. The van der Waals surface area contributed by atoms with E-state index < -0.39 is 18.7 Å². The average Bonchev–Trinajstić information content (AvgIpc) is 2.71. The smallest absolute Gasteiger partial charge is 0.263 e. The Hall–Kier alpha value is -2.73. The van der Waals surface area contributed by atoms with Gasteiger partial charge in [0.25, 0.3) is 5.91 Å². The Kier molecular flexibility index (Phi) is 4.08. The van der Waals surface area contributed by atoms with Gasteiger partial charge >= 0.3 is 0 Å². The van der Waals surface area contributed by atoms with Crippen LogP contribution in [0.25, 0.3) is 0 Å². The first kappa shape index (κ1) is 15.2. The van der Waals surface area contributed by atoms with Crippen LogP contribution in [-0.2, 0) is 11.5 Å². The van der Waals surface area contributed by atoms with Crippen molar-refractivity contribution in [1.82, 2.24) is 0 Å². The van der Waals surface area contributed by atoms with Crippen LogP contribution in [-0.4, -0.2) is 24.9 Å². The third-order valence-corrected chi connectivity index (χ3v) is 3.64. The lowest BCUT2D eigenvalue weighted by atomic mass is 9.98. The van der Waals surface area contributed by atoms with E-state index in [1.54, 1.807) is 30.3 Å². The normalized spacial score (nSPS) is 16.9. The van der Waals surface area contributed by atoms with E-state index in [0.717, 1.165) is 0 Å². The molecule has 23 heavy (non-hydrogen) atoms. The van der Waals surface area contributed by atoms with E-state index in [4.69, 9.17) is 10.5 Å². The predicted molar refractivity (Wildman–Crippen MR) is 86.5 cm³/mol. The molecule has 1 aliphatic heterocycles. The van der Waals surface area contributed by atoms with E-state index in [1.165, 1.54) is 7.11 Å². The van der Waals surface area contributed by atoms with Gasteiger partial charge in [-0.3, -0.25) is 9.79 Å². The summed E-state index contributed by atoms with van der Waals surface area (Å²) in [6.45, 7) is -0.574. The molecule has 0 radical (unpaired) electrons. The number of para-hydroxylation sites is 1. The number of carbonyl (C=O) groups is 1. The number of methoxy groups -OCH3 is 1. The SMILES string of the molecule is COc1cccc2c1NC(=O)C(N)N=C2c1cccc(CF)c1. The van der Waals surface area contributed by atoms with E-state index in [9.17, 15) is 9.18 Å². The maximum atomic E-state index is 13.0. The second kappa shape index (κ2) is 6.18. The number of fused-ring (bicyclic) bond motifs is 1. The molecule has 2 aromatic rings. The number of nitrogens with two attached hydrogens (primary N) is 1. The Morgan fingerprint density at radius 1 is 1.30 bits per heavy atom. The van der Waals surface area contributed by atoms with Gasteiger partial charge < -0.3 is 15.8 Å². The Morgan fingerprint density at radius 3 is 2.83 bits per heavy atom. The van der Waals surface area contributed by atoms with E-state index >= 15 is 0 Å². The topological polar surface area (TPSA) is 76.7 Å². The molecule has 6 heteroatoms. The van der Waals surface area contributed by atoms with Crippen LogP contribution in [0.4, 0.5) is 10.1 Å². The summed E-state index contributed by atoms with van der Waals surface area (Å²) in [5.74, 6) is 0.0895. The van der Waals surface area contributed by atoms with Crippen molar-refractivity contribution < 1.29 is 13.9 Å². The monoisotopic (exact) mass is 313 g/mol. The lowest BCUT2D eigenvalue weighted by Crippen LogP contribution is -2.33. The fraction of sp³-hybridized carbons (Fsp3) is 0.176. The summed E-state index contributed by atoms with van der Waals surface area (Å²) in [6.07, 6.45) is -1.05. The molecule has 2 aromatic carbocycles. The van der Waals surface area contributed by atoms with Crippen LogP contribution in [0.15, 0.2) is 47.5 Å². The number of benzene rings is 2. The Morgan fingerprint density at radius 2 is 2.09 bits per heavy atom. The zero-order chi connectivity index (χ0) is 16.4. The van der Waals surface area contributed by atoms with E-state index in [2.05, 4.69) is 10.3 Å². The molecule has 1 unspecified atom stereocenters. The van der Waals surface area contributed by atoms with Gasteiger partial charge in [0.15, 0.2) is 6.17 Å². The van der Waals surface area contributed by atoms with Crippen molar-refractivity contribution in [3.63, 3.8) is 0 Å². The molecule has 118 valence electrons. The van der Waals surface area contributed by atoms with Crippen LogP contribution in [0, 0.1) is 0 Å². The molecule has 1 atom stereocenters. The van der Waals surface area contributed by atoms with Gasteiger partial charge in [-0.15, -0.1) is 0 Å². The van der Waals surface area contributed by atoms with Crippen LogP contribution in [0.3, 0.4) is 0 Å². The number of alkyl halides is 1. The molecule has 1 heterocycles. The van der Waals surface area contributed by atoms with Crippen molar-refractivity contribution in [1.29, 1.82) is 0 Å². The number of nitrogens with zero attached hydrogens (tertiary/aromatic N) is 1. The highest BCUT2D eigenvalue weighted by Gasteiger charge is 2.25. The molecule has 1 amide bonds. The fourth-order valence-electron chi connectivity index (χ4n) is 2.52. The third-order valence-electron chi connectivity index (χ3n) is 3.64. The molecule has 0 fully saturated rings. The highest BCUT2D eigenvalue weighted by Crippen LogP contribution is 2.32. The van der Waals surface area contributed by atoms with Crippen molar-refractivity contribution in [3.05, 3.63) is 59.2 Å². The highest BCUT2D eigenvalue weighted by atomic mass is 19.1. The number of nitrogens with one attached hydrogen (secondary N) is 1. The number of ether oxygens (including phenoxy) is 1. The highest BCUT2D eigenvalue weighted by molar-refractivity contribution is 6.20. The maximum Gasteiger partial charge on any atom is 0.263 e. The second-order valence-corrected chi connectivity index (χ2v) is 5.13. The molecule has 3 rings (SSSR count). The van der Waals surface area contributed by atoms with Crippen molar-refractivity contribution in [2.24, 2.45) is 10.7 Å². The zero-order valence-corrected chi connectivity index (χ0v) is 12.5. The molecule has 1 aliphatic rings. The first-order valence-electron chi connectivity index (χ1n) is 7.11. The third kappa shape index (κ3) is 2.80. The van der Waals surface area contributed by atoms with Gasteiger partial charge in [0, 0.05) is 11.1 Å². The minimum atomic E-state index is -1.05. The van der Waals surface area contributed by atoms with Gasteiger partial charge in [-0.1, -0.05) is 30.3 Å². The molecular formula is C17H16FN3O2. The number of amides is 1. The predicted octanol–water partition coefficient (Wildman–Crippen LogP) is 2.24. The van der Waals surface area contributed by atoms with E-state index in [-0.39, 0.29) is 0 Å². The zero-order valence-electron chi connectivity index (χ0n) is 12.5. The second-order valence-electron chi connectivity index (χ2n) is 5.13. The molecule has 0 saturated carbocycles.